The van der Waals surface area contributed by atoms with Crippen LogP contribution in [0.4, 0.5) is 5.69 Å². The van der Waals surface area contributed by atoms with Crippen molar-refractivity contribution < 1.29 is 14.4 Å². The highest BCUT2D eigenvalue weighted by Gasteiger charge is 2.14. The number of hydrazine groups is 1. The van der Waals surface area contributed by atoms with Gasteiger partial charge in [-0.2, -0.15) is 0 Å². The molecule has 0 aliphatic heterocycles. The smallest absolute Gasteiger partial charge is 0.269 e. The third kappa shape index (κ3) is 7.89. The highest BCUT2D eigenvalue weighted by Crippen LogP contribution is 2.22. The van der Waals surface area contributed by atoms with Gasteiger partial charge in [0.25, 0.3) is 11.8 Å². The van der Waals surface area contributed by atoms with E-state index >= 15 is 0 Å². The molecule has 0 atom stereocenters. The van der Waals surface area contributed by atoms with E-state index in [0.717, 1.165) is 31.2 Å². The summed E-state index contributed by atoms with van der Waals surface area (Å²) in [5.74, 6) is -0.823. The molecule has 0 saturated heterocycles. The summed E-state index contributed by atoms with van der Waals surface area (Å²) in [5.41, 5.74) is 7.58. The summed E-state index contributed by atoms with van der Waals surface area (Å²) < 4.78 is 0. The molecule has 0 aliphatic rings. The van der Waals surface area contributed by atoms with E-state index in [4.69, 9.17) is 0 Å². The lowest BCUT2D eigenvalue weighted by atomic mass is 9.87. The van der Waals surface area contributed by atoms with Crippen LogP contribution < -0.4 is 16.2 Å². The molecule has 0 unspecified atom stereocenters. The first-order chi connectivity index (χ1) is 14.7. The van der Waals surface area contributed by atoms with Crippen LogP contribution in [-0.2, 0) is 10.2 Å². The van der Waals surface area contributed by atoms with Crippen molar-refractivity contribution in [2.45, 2.75) is 65.2 Å². The molecule has 2 aromatic rings. The Labute approximate surface area is 184 Å². The van der Waals surface area contributed by atoms with E-state index in [1.165, 1.54) is 0 Å². The number of carbonyl (C=O) groups is 3. The Bertz CT molecular complexity index is 882. The van der Waals surface area contributed by atoms with Crippen LogP contribution in [0.25, 0.3) is 0 Å². The Balaban J connectivity index is 1.85. The number of carbonyl (C=O) groups excluding carboxylic acids is 3. The van der Waals surface area contributed by atoms with Gasteiger partial charge in [0.15, 0.2) is 0 Å². The lowest BCUT2D eigenvalue weighted by Gasteiger charge is -2.19. The average Bonchev–Trinajstić information content (AvgIpc) is 2.75. The molecule has 0 aliphatic carbocycles. The second-order valence-corrected chi connectivity index (χ2v) is 8.67. The summed E-state index contributed by atoms with van der Waals surface area (Å²) in [4.78, 5) is 36.4. The van der Waals surface area contributed by atoms with Crippen LogP contribution in [-0.4, -0.2) is 17.7 Å². The van der Waals surface area contributed by atoms with Crippen molar-refractivity contribution in [3.8, 4) is 0 Å². The zero-order chi connectivity index (χ0) is 22.9. The van der Waals surface area contributed by atoms with Crippen molar-refractivity contribution in [2.75, 3.05) is 5.32 Å². The molecule has 3 N–H and O–H groups in total. The number of unbranched alkanes of at least 4 members (excludes halogenated alkanes) is 3. The molecule has 31 heavy (non-hydrogen) atoms. The molecule has 0 bridgehead atoms. The third-order valence-corrected chi connectivity index (χ3v) is 4.99. The largest absolute Gasteiger partial charge is 0.322 e. The molecular formula is C25H33N3O3. The number of rotatable bonds is 8. The van der Waals surface area contributed by atoms with E-state index in [0.29, 0.717) is 23.2 Å². The number of anilines is 1. The molecule has 2 rings (SSSR count). The van der Waals surface area contributed by atoms with Crippen LogP contribution in [0.5, 0.6) is 0 Å². The van der Waals surface area contributed by atoms with Crippen LogP contribution in [0.2, 0.25) is 0 Å². The summed E-state index contributed by atoms with van der Waals surface area (Å²) in [5, 5.41) is 2.83. The Kier molecular flexibility index (Phi) is 8.79. The monoisotopic (exact) mass is 423 g/mol. The normalized spacial score (nSPS) is 11.0. The number of benzene rings is 2. The molecule has 0 aromatic heterocycles. The molecule has 166 valence electrons. The van der Waals surface area contributed by atoms with Gasteiger partial charge in [-0.1, -0.05) is 59.1 Å². The predicted molar refractivity (Wildman–Crippen MR) is 124 cm³/mol. The zero-order valence-corrected chi connectivity index (χ0v) is 18.9. The topological polar surface area (TPSA) is 87.3 Å². The van der Waals surface area contributed by atoms with Crippen molar-refractivity contribution in [1.82, 2.24) is 10.9 Å². The third-order valence-electron chi connectivity index (χ3n) is 4.99. The maximum absolute atomic E-state index is 12.5. The van der Waals surface area contributed by atoms with E-state index in [-0.39, 0.29) is 17.2 Å². The van der Waals surface area contributed by atoms with E-state index < -0.39 is 5.91 Å². The van der Waals surface area contributed by atoms with Gasteiger partial charge in [0.05, 0.1) is 0 Å². The van der Waals surface area contributed by atoms with Gasteiger partial charge in [0.1, 0.15) is 0 Å². The number of nitrogens with one attached hydrogen (secondary N) is 3. The van der Waals surface area contributed by atoms with E-state index in [9.17, 15) is 14.4 Å². The highest BCUT2D eigenvalue weighted by atomic mass is 16.2. The van der Waals surface area contributed by atoms with Gasteiger partial charge in [-0.15, -0.1) is 0 Å². The average molecular weight is 424 g/mol. The maximum atomic E-state index is 12.5. The summed E-state index contributed by atoms with van der Waals surface area (Å²) in [6.07, 6.45) is 4.42. The Morgan fingerprint density at radius 2 is 1.32 bits per heavy atom. The van der Waals surface area contributed by atoms with E-state index in [1.54, 1.807) is 24.3 Å². The standard InChI is InChI=1S/C25H33N3O3/c1-5-6-7-8-9-22(29)27-28-24(31)19-12-16-21(17-13-19)26-23(30)18-10-14-20(15-11-18)25(2,3)4/h10-17H,5-9H2,1-4H3,(H,26,30)(H,27,29)(H,28,31). The second kappa shape index (κ2) is 11.3. The molecule has 0 saturated carbocycles. The maximum Gasteiger partial charge on any atom is 0.269 e. The van der Waals surface area contributed by atoms with Crippen molar-refractivity contribution in [3.63, 3.8) is 0 Å². The van der Waals surface area contributed by atoms with E-state index in [2.05, 4.69) is 43.9 Å². The van der Waals surface area contributed by atoms with Gasteiger partial charge in [-0.25, -0.2) is 0 Å². The first kappa shape index (κ1) is 24.1. The molecule has 0 radical (unpaired) electrons. The van der Waals surface area contributed by atoms with Crippen molar-refractivity contribution in [3.05, 3.63) is 65.2 Å². The molecule has 2 aromatic carbocycles. The molecular weight excluding hydrogens is 390 g/mol. The van der Waals surface area contributed by atoms with Crippen molar-refractivity contribution >= 4 is 23.4 Å². The fourth-order valence-electron chi connectivity index (χ4n) is 3.00. The van der Waals surface area contributed by atoms with Crippen molar-refractivity contribution in [2.24, 2.45) is 0 Å². The van der Waals surface area contributed by atoms with Crippen LogP contribution in [0.1, 0.15) is 86.1 Å². The van der Waals surface area contributed by atoms with Crippen LogP contribution >= 0.6 is 0 Å². The van der Waals surface area contributed by atoms with Crippen LogP contribution in [0, 0.1) is 0 Å². The second-order valence-electron chi connectivity index (χ2n) is 8.67. The Hall–Kier alpha value is -3.15. The minimum Gasteiger partial charge on any atom is -0.322 e. The lowest BCUT2D eigenvalue weighted by molar-refractivity contribution is -0.122. The zero-order valence-electron chi connectivity index (χ0n) is 18.9. The minimum atomic E-state index is -0.405. The SMILES string of the molecule is CCCCCCC(=O)NNC(=O)c1ccc(NC(=O)c2ccc(C(C)(C)C)cc2)cc1. The molecule has 0 heterocycles. The van der Waals surface area contributed by atoms with Crippen LogP contribution in [0.3, 0.4) is 0 Å². The van der Waals surface area contributed by atoms with E-state index in [1.807, 2.05) is 24.3 Å². The van der Waals surface area contributed by atoms with Gasteiger partial charge >= 0.3 is 0 Å². The Morgan fingerprint density at radius 3 is 1.90 bits per heavy atom. The first-order valence-corrected chi connectivity index (χ1v) is 10.8. The number of hydrogen-bond donors (Lipinski definition) is 3. The van der Waals surface area contributed by atoms with Gasteiger partial charge in [0.2, 0.25) is 5.91 Å². The first-order valence-electron chi connectivity index (χ1n) is 10.8. The quantitative estimate of drug-likeness (QED) is 0.414. The number of amides is 3. The lowest BCUT2D eigenvalue weighted by Crippen LogP contribution is -2.41. The van der Waals surface area contributed by atoms with Crippen molar-refractivity contribution in [1.29, 1.82) is 0 Å². The van der Waals surface area contributed by atoms with Gasteiger partial charge < -0.3 is 5.32 Å². The summed E-state index contributed by atoms with van der Waals surface area (Å²) in [6.45, 7) is 8.48. The van der Waals surface area contributed by atoms with Crippen LogP contribution in [0.15, 0.2) is 48.5 Å². The highest BCUT2D eigenvalue weighted by molar-refractivity contribution is 6.04. The molecule has 6 nitrogen and oxygen atoms in total. The molecule has 3 amide bonds. The summed E-state index contributed by atoms with van der Waals surface area (Å²) in [6, 6.07) is 14.0. The molecule has 0 spiro atoms. The van der Waals surface area contributed by atoms with Gasteiger partial charge in [-0.3, -0.25) is 25.2 Å². The minimum absolute atomic E-state index is 0.0277. The summed E-state index contributed by atoms with van der Waals surface area (Å²) in [7, 11) is 0. The fraction of sp³-hybridized carbons (Fsp3) is 0.400. The molecule has 6 heteroatoms. The van der Waals surface area contributed by atoms with Gasteiger partial charge in [-0.05, 0) is 53.8 Å². The Morgan fingerprint density at radius 1 is 0.742 bits per heavy atom. The molecule has 0 fully saturated rings. The number of hydrogen-bond acceptors (Lipinski definition) is 3. The van der Waals surface area contributed by atoms with Gasteiger partial charge in [0, 0.05) is 23.2 Å². The fourth-order valence-corrected chi connectivity index (χ4v) is 3.00. The summed E-state index contributed by atoms with van der Waals surface area (Å²) >= 11 is 0. The predicted octanol–water partition coefficient (Wildman–Crippen LogP) is 4.97.